The molecule has 5 rings (SSSR count). The molecule has 0 fully saturated rings. The van der Waals surface area contributed by atoms with Crippen LogP contribution >= 0.6 is 0 Å². The molecular formula is C24H23F3N4O2. The maximum Gasteiger partial charge on any atom is 0.433 e. The molecule has 1 aromatic carbocycles. The van der Waals surface area contributed by atoms with Crippen molar-refractivity contribution in [3.05, 3.63) is 82.7 Å². The molecule has 0 bridgehead atoms. The highest BCUT2D eigenvalue weighted by Crippen LogP contribution is 2.47. The highest BCUT2D eigenvalue weighted by atomic mass is 19.4. The minimum Gasteiger partial charge on any atom is -0.496 e. The molecule has 1 aliphatic heterocycles. The van der Waals surface area contributed by atoms with Crippen molar-refractivity contribution in [3.8, 4) is 5.75 Å². The van der Waals surface area contributed by atoms with Crippen LogP contribution in [0.15, 0.2) is 65.2 Å². The van der Waals surface area contributed by atoms with Gasteiger partial charge in [0.1, 0.15) is 11.4 Å². The summed E-state index contributed by atoms with van der Waals surface area (Å²) in [7, 11) is 1.62. The van der Waals surface area contributed by atoms with Gasteiger partial charge in [-0.05, 0) is 48.8 Å². The maximum atomic E-state index is 13.1. The minimum atomic E-state index is -4.56. The molecule has 3 unspecified atom stereocenters. The van der Waals surface area contributed by atoms with Crippen molar-refractivity contribution in [3.63, 3.8) is 0 Å². The summed E-state index contributed by atoms with van der Waals surface area (Å²) in [5.41, 5.74) is 14.3. The number of halogens is 3. The molecule has 2 heterocycles. The van der Waals surface area contributed by atoms with Gasteiger partial charge in [-0.25, -0.2) is 9.98 Å². The molecule has 9 heteroatoms. The van der Waals surface area contributed by atoms with Crippen LogP contribution < -0.4 is 16.2 Å². The average Bonchev–Trinajstić information content (AvgIpc) is 3.24. The van der Waals surface area contributed by atoms with Gasteiger partial charge in [-0.2, -0.15) is 13.2 Å². The van der Waals surface area contributed by atoms with E-state index in [0.29, 0.717) is 11.3 Å². The van der Waals surface area contributed by atoms with Crippen molar-refractivity contribution in [2.45, 2.75) is 36.3 Å². The third-order valence-electron chi connectivity index (χ3n) is 6.42. The van der Waals surface area contributed by atoms with E-state index in [1.165, 1.54) is 12.1 Å². The van der Waals surface area contributed by atoms with Gasteiger partial charge >= 0.3 is 6.18 Å². The third kappa shape index (κ3) is 3.66. The number of alkyl halides is 3. The molecule has 0 amide bonds. The van der Waals surface area contributed by atoms with E-state index in [0.717, 1.165) is 35.8 Å². The molecular weight excluding hydrogens is 433 g/mol. The quantitative estimate of drug-likeness (QED) is 0.736. The first-order valence-corrected chi connectivity index (χ1v) is 10.6. The van der Waals surface area contributed by atoms with E-state index in [9.17, 15) is 13.2 Å². The number of benzene rings is 1. The fourth-order valence-corrected chi connectivity index (χ4v) is 4.78. The number of hydrogen-bond donors (Lipinski definition) is 2. The van der Waals surface area contributed by atoms with Crippen LogP contribution in [-0.4, -0.2) is 30.3 Å². The van der Waals surface area contributed by atoms with E-state index < -0.39 is 23.3 Å². The van der Waals surface area contributed by atoms with Gasteiger partial charge in [0, 0.05) is 11.1 Å². The SMILES string of the molecule is COc1cccc2c1C(C1(N)N=C3C=CC(N)(c4cccc(C(F)(F)F)n4)C=C3CO1)CC2. The van der Waals surface area contributed by atoms with Crippen LogP contribution in [0.4, 0.5) is 13.2 Å². The van der Waals surface area contributed by atoms with Crippen molar-refractivity contribution in [1.29, 1.82) is 0 Å². The van der Waals surface area contributed by atoms with E-state index in [1.807, 2.05) is 18.2 Å². The number of pyridine rings is 1. The lowest BCUT2D eigenvalue weighted by Crippen LogP contribution is -2.51. The zero-order chi connectivity index (χ0) is 23.4. The number of aromatic nitrogens is 1. The Morgan fingerprint density at radius 1 is 1.15 bits per heavy atom. The van der Waals surface area contributed by atoms with E-state index >= 15 is 0 Å². The Morgan fingerprint density at radius 2 is 1.94 bits per heavy atom. The largest absolute Gasteiger partial charge is 0.496 e. The second-order valence-electron chi connectivity index (χ2n) is 8.50. The van der Waals surface area contributed by atoms with Gasteiger partial charge < -0.3 is 15.2 Å². The van der Waals surface area contributed by atoms with Gasteiger partial charge in [0.25, 0.3) is 0 Å². The lowest BCUT2D eigenvalue weighted by molar-refractivity contribution is -0.141. The molecule has 4 N–H and O–H groups in total. The Labute approximate surface area is 188 Å². The van der Waals surface area contributed by atoms with Gasteiger partial charge in [-0.1, -0.05) is 24.3 Å². The molecule has 0 spiro atoms. The number of aryl methyl sites for hydroxylation is 1. The average molecular weight is 456 g/mol. The predicted molar refractivity (Wildman–Crippen MR) is 117 cm³/mol. The zero-order valence-electron chi connectivity index (χ0n) is 17.9. The van der Waals surface area contributed by atoms with Gasteiger partial charge in [0.05, 0.1) is 36.6 Å². The second-order valence-corrected chi connectivity index (χ2v) is 8.50. The Balaban J connectivity index is 1.48. The number of nitrogens with two attached hydrogens (primary N) is 2. The molecule has 6 nitrogen and oxygen atoms in total. The zero-order valence-corrected chi connectivity index (χ0v) is 17.9. The van der Waals surface area contributed by atoms with Crippen molar-refractivity contribution in [2.24, 2.45) is 16.5 Å². The smallest absolute Gasteiger partial charge is 0.433 e. The highest BCUT2D eigenvalue weighted by molar-refractivity contribution is 6.10. The number of methoxy groups -OCH3 is 1. The lowest BCUT2D eigenvalue weighted by atomic mass is 9.85. The molecule has 0 saturated carbocycles. The monoisotopic (exact) mass is 456 g/mol. The topological polar surface area (TPSA) is 95.8 Å². The fourth-order valence-electron chi connectivity index (χ4n) is 4.78. The van der Waals surface area contributed by atoms with Crippen LogP contribution in [0.25, 0.3) is 0 Å². The number of allylic oxidation sites excluding steroid dienone is 1. The van der Waals surface area contributed by atoms with E-state index in [4.69, 9.17) is 25.9 Å². The first-order valence-electron chi connectivity index (χ1n) is 10.6. The number of hydrogen-bond acceptors (Lipinski definition) is 6. The lowest BCUT2D eigenvalue weighted by Gasteiger charge is -2.38. The van der Waals surface area contributed by atoms with E-state index in [2.05, 4.69) is 4.98 Å². The summed E-state index contributed by atoms with van der Waals surface area (Å²) < 4.78 is 51.0. The van der Waals surface area contributed by atoms with Crippen LogP contribution in [0.2, 0.25) is 0 Å². The Bertz CT molecular complexity index is 1210. The summed E-state index contributed by atoms with van der Waals surface area (Å²) in [4.78, 5) is 8.46. The van der Waals surface area contributed by atoms with Gasteiger partial charge in [-0.3, -0.25) is 5.73 Å². The van der Waals surface area contributed by atoms with Crippen LogP contribution in [0, 0.1) is 0 Å². The van der Waals surface area contributed by atoms with Crippen molar-refractivity contribution >= 4 is 5.71 Å². The molecule has 3 aliphatic rings. The summed E-state index contributed by atoms with van der Waals surface area (Å²) in [6, 6.07) is 9.57. The molecule has 1 aromatic heterocycles. The molecule has 0 radical (unpaired) electrons. The summed E-state index contributed by atoms with van der Waals surface area (Å²) >= 11 is 0. The summed E-state index contributed by atoms with van der Waals surface area (Å²) in [6.45, 7) is 0.124. The van der Waals surface area contributed by atoms with Gasteiger partial charge in [0.2, 0.25) is 5.85 Å². The van der Waals surface area contributed by atoms with E-state index in [-0.39, 0.29) is 18.2 Å². The number of fused-ring (bicyclic) bond motifs is 2. The Morgan fingerprint density at radius 3 is 2.70 bits per heavy atom. The molecule has 33 heavy (non-hydrogen) atoms. The molecule has 3 atom stereocenters. The maximum absolute atomic E-state index is 13.1. The number of ether oxygens (including phenoxy) is 2. The summed E-state index contributed by atoms with van der Waals surface area (Å²) in [5.74, 6) is -0.735. The van der Waals surface area contributed by atoms with Crippen molar-refractivity contribution in [2.75, 3.05) is 13.7 Å². The van der Waals surface area contributed by atoms with Crippen molar-refractivity contribution < 1.29 is 22.6 Å². The second kappa shape index (κ2) is 7.51. The number of rotatable bonds is 3. The van der Waals surface area contributed by atoms with Crippen LogP contribution in [0.1, 0.15) is 34.9 Å². The highest BCUT2D eigenvalue weighted by Gasteiger charge is 2.46. The molecule has 2 aliphatic carbocycles. The molecule has 172 valence electrons. The number of nitrogens with zero attached hydrogens (tertiary/aromatic N) is 2. The molecule has 0 saturated heterocycles. The normalized spacial score (nSPS) is 28.6. The predicted octanol–water partition coefficient (Wildman–Crippen LogP) is 3.57. The number of aliphatic imine (C=N–C) groups is 1. The first kappa shape index (κ1) is 21.8. The standard InChI is InChI=1S/C24H23F3N4O2/c1-32-18-5-2-4-14-8-9-16(21(14)18)24(29)31-17-10-11-22(28,12-15(17)13-33-24)19-6-3-7-20(30-19)23(25,26)27/h2-7,10-12,16H,8-9,13,28-29H2,1H3. The Hall–Kier alpha value is -3.01. The van der Waals surface area contributed by atoms with Crippen LogP contribution in [-0.2, 0) is 22.9 Å². The van der Waals surface area contributed by atoms with Crippen LogP contribution in [0.3, 0.4) is 0 Å². The van der Waals surface area contributed by atoms with Crippen LogP contribution in [0.5, 0.6) is 5.75 Å². The Kier molecular flexibility index (Phi) is 4.97. The van der Waals surface area contributed by atoms with Gasteiger partial charge in [0.15, 0.2) is 0 Å². The minimum absolute atomic E-state index is 0.0826. The molecule has 2 aromatic rings. The summed E-state index contributed by atoms with van der Waals surface area (Å²) in [5, 5.41) is 0. The summed E-state index contributed by atoms with van der Waals surface area (Å²) in [6.07, 6.45) is 1.95. The fraction of sp³-hybridized carbons (Fsp3) is 0.333. The first-order chi connectivity index (χ1) is 15.6. The van der Waals surface area contributed by atoms with Gasteiger partial charge in [-0.15, -0.1) is 0 Å². The third-order valence-corrected chi connectivity index (χ3v) is 6.42. The van der Waals surface area contributed by atoms with E-state index in [1.54, 1.807) is 25.3 Å². The van der Waals surface area contributed by atoms with Crippen molar-refractivity contribution in [1.82, 2.24) is 4.98 Å².